The van der Waals surface area contributed by atoms with Gasteiger partial charge in [-0.2, -0.15) is 5.10 Å². The predicted octanol–water partition coefficient (Wildman–Crippen LogP) is 3.28. The van der Waals surface area contributed by atoms with E-state index in [1.807, 2.05) is 0 Å². The van der Waals surface area contributed by atoms with Gasteiger partial charge in [0.15, 0.2) is 5.13 Å². The topological polar surface area (TPSA) is 101 Å². The minimum Gasteiger partial charge on any atom is -0.391 e. The summed E-state index contributed by atoms with van der Waals surface area (Å²) in [7, 11) is 3.27. The molecule has 3 aromatic rings. The van der Waals surface area contributed by atoms with Gasteiger partial charge in [-0.1, -0.05) is 12.1 Å². The third-order valence-corrected chi connectivity index (χ3v) is 4.78. The molecule has 0 atom stereocenters. The Balaban J connectivity index is 1.48. The average Bonchev–Trinajstić information content (AvgIpc) is 3.25. The van der Waals surface area contributed by atoms with Crippen LogP contribution in [0.4, 0.5) is 19.1 Å². The normalized spacial score (nSPS) is 10.5. The monoisotopic (exact) mass is 432 g/mol. The number of thiazole rings is 1. The van der Waals surface area contributed by atoms with Gasteiger partial charge in [-0.15, -0.1) is 11.3 Å². The zero-order valence-electron chi connectivity index (χ0n) is 16.7. The standard InChI is InChI=1S/C19H21FN6O3S/c1-12-7-16(26(3)24-12)29-19(28)25(2)10-15-11-30-18(22-15)23-17(27)21-9-13-5-4-6-14(20)8-13/h4-8,11H,9-10H2,1-3H3,(H2,21,22,23,27). The second kappa shape index (κ2) is 9.35. The van der Waals surface area contributed by atoms with Crippen molar-refractivity contribution < 1.29 is 18.7 Å². The lowest BCUT2D eigenvalue weighted by Crippen LogP contribution is -2.30. The highest BCUT2D eigenvalue weighted by Gasteiger charge is 2.16. The number of nitrogens with one attached hydrogen (secondary N) is 2. The number of amides is 3. The van der Waals surface area contributed by atoms with E-state index >= 15 is 0 Å². The lowest BCUT2D eigenvalue weighted by Gasteiger charge is -2.15. The first-order valence-corrected chi connectivity index (χ1v) is 9.85. The first-order valence-electron chi connectivity index (χ1n) is 8.97. The van der Waals surface area contributed by atoms with Crippen LogP contribution in [0.1, 0.15) is 17.0 Å². The zero-order chi connectivity index (χ0) is 21.7. The molecule has 2 aromatic heterocycles. The van der Waals surface area contributed by atoms with Crippen molar-refractivity contribution in [1.29, 1.82) is 0 Å². The van der Waals surface area contributed by atoms with Crippen LogP contribution < -0.4 is 15.4 Å². The van der Waals surface area contributed by atoms with Crippen molar-refractivity contribution in [3.63, 3.8) is 0 Å². The summed E-state index contributed by atoms with van der Waals surface area (Å²) in [6, 6.07) is 7.19. The van der Waals surface area contributed by atoms with Crippen molar-refractivity contribution in [2.75, 3.05) is 12.4 Å². The van der Waals surface area contributed by atoms with E-state index in [-0.39, 0.29) is 18.9 Å². The van der Waals surface area contributed by atoms with Crippen LogP contribution in [0.25, 0.3) is 0 Å². The number of aryl methyl sites for hydroxylation is 2. The Morgan fingerprint density at radius 1 is 1.33 bits per heavy atom. The van der Waals surface area contributed by atoms with Gasteiger partial charge in [-0.05, 0) is 24.6 Å². The number of nitrogens with zero attached hydrogens (tertiary/aromatic N) is 4. The van der Waals surface area contributed by atoms with Crippen molar-refractivity contribution in [2.45, 2.75) is 20.0 Å². The molecule has 0 aliphatic carbocycles. The van der Waals surface area contributed by atoms with Gasteiger partial charge in [0.2, 0.25) is 5.88 Å². The molecule has 3 amide bonds. The molecule has 2 N–H and O–H groups in total. The number of halogens is 1. The molecule has 158 valence electrons. The van der Waals surface area contributed by atoms with Crippen LogP contribution >= 0.6 is 11.3 Å². The molecule has 0 saturated carbocycles. The van der Waals surface area contributed by atoms with Crippen molar-refractivity contribution >= 4 is 28.6 Å². The molecule has 0 radical (unpaired) electrons. The SMILES string of the molecule is Cc1cc(OC(=O)N(C)Cc2csc(NC(=O)NCc3cccc(F)c3)n2)n(C)n1. The Hall–Kier alpha value is -3.47. The molecule has 1 aromatic carbocycles. The number of hydrogen-bond donors (Lipinski definition) is 2. The van der Waals surface area contributed by atoms with E-state index in [9.17, 15) is 14.0 Å². The summed E-state index contributed by atoms with van der Waals surface area (Å²) in [5.41, 5.74) is 1.99. The second-order valence-electron chi connectivity index (χ2n) is 6.55. The third kappa shape index (κ3) is 5.77. The van der Waals surface area contributed by atoms with Crippen LogP contribution in [0.5, 0.6) is 5.88 Å². The van der Waals surface area contributed by atoms with Crippen LogP contribution in [0.3, 0.4) is 0 Å². The van der Waals surface area contributed by atoms with Crippen LogP contribution in [0.2, 0.25) is 0 Å². The van der Waals surface area contributed by atoms with Gasteiger partial charge in [0, 0.05) is 32.1 Å². The number of benzene rings is 1. The summed E-state index contributed by atoms with van der Waals surface area (Å²) < 4.78 is 20.0. The fourth-order valence-corrected chi connectivity index (χ4v) is 3.26. The van der Waals surface area contributed by atoms with E-state index in [4.69, 9.17) is 4.74 Å². The largest absolute Gasteiger partial charge is 0.416 e. The van der Waals surface area contributed by atoms with Crippen molar-refractivity contribution in [1.82, 2.24) is 25.0 Å². The first-order chi connectivity index (χ1) is 14.3. The maximum atomic E-state index is 13.2. The molecule has 0 spiro atoms. The number of rotatable bonds is 6. The van der Waals surface area contributed by atoms with Gasteiger partial charge < -0.3 is 15.0 Å². The van der Waals surface area contributed by atoms with E-state index in [1.54, 1.807) is 44.6 Å². The number of hydrogen-bond acceptors (Lipinski definition) is 6. The summed E-state index contributed by atoms with van der Waals surface area (Å²) in [5.74, 6) is -0.0135. The molecule has 0 aliphatic heterocycles. The minimum absolute atomic E-state index is 0.184. The average molecular weight is 432 g/mol. The summed E-state index contributed by atoms with van der Waals surface area (Å²) in [6.45, 7) is 2.20. The molecular weight excluding hydrogens is 411 g/mol. The number of urea groups is 1. The van der Waals surface area contributed by atoms with Crippen LogP contribution in [-0.4, -0.2) is 38.8 Å². The quantitative estimate of drug-likeness (QED) is 0.623. The smallest absolute Gasteiger partial charge is 0.391 e. The predicted molar refractivity (Wildman–Crippen MR) is 110 cm³/mol. The zero-order valence-corrected chi connectivity index (χ0v) is 17.5. The van der Waals surface area contributed by atoms with Gasteiger partial charge in [-0.25, -0.2) is 23.6 Å². The lowest BCUT2D eigenvalue weighted by molar-refractivity contribution is 0.156. The Kier molecular flexibility index (Phi) is 6.62. The molecule has 0 fully saturated rings. The summed E-state index contributed by atoms with van der Waals surface area (Å²) in [6.07, 6.45) is -0.548. The minimum atomic E-state index is -0.548. The fraction of sp³-hybridized carbons (Fsp3) is 0.263. The highest BCUT2D eigenvalue weighted by Crippen LogP contribution is 2.18. The van der Waals surface area contributed by atoms with Gasteiger partial charge in [0.25, 0.3) is 0 Å². The Morgan fingerprint density at radius 3 is 2.83 bits per heavy atom. The molecule has 30 heavy (non-hydrogen) atoms. The highest BCUT2D eigenvalue weighted by molar-refractivity contribution is 7.13. The summed E-state index contributed by atoms with van der Waals surface area (Å²) in [5, 5.41) is 11.5. The molecule has 0 saturated heterocycles. The molecule has 2 heterocycles. The van der Waals surface area contributed by atoms with Gasteiger partial charge in [-0.3, -0.25) is 5.32 Å². The molecule has 9 nitrogen and oxygen atoms in total. The van der Waals surface area contributed by atoms with Gasteiger partial charge >= 0.3 is 12.1 Å². The maximum absolute atomic E-state index is 13.2. The van der Waals surface area contributed by atoms with Crippen molar-refractivity contribution in [3.8, 4) is 5.88 Å². The number of ether oxygens (including phenoxy) is 1. The highest BCUT2D eigenvalue weighted by atomic mass is 32.1. The summed E-state index contributed by atoms with van der Waals surface area (Å²) in [4.78, 5) is 29.9. The van der Waals surface area contributed by atoms with E-state index < -0.39 is 12.1 Å². The Bertz CT molecular complexity index is 1050. The molecule has 0 aliphatic rings. The van der Waals surface area contributed by atoms with Crippen LogP contribution in [0.15, 0.2) is 35.7 Å². The third-order valence-electron chi connectivity index (χ3n) is 3.98. The van der Waals surface area contributed by atoms with E-state index in [0.29, 0.717) is 22.3 Å². The first kappa shape index (κ1) is 21.2. The lowest BCUT2D eigenvalue weighted by atomic mass is 10.2. The number of carbonyl (C=O) groups is 2. The van der Waals surface area contributed by atoms with E-state index in [0.717, 1.165) is 5.69 Å². The van der Waals surface area contributed by atoms with Gasteiger partial charge in [0.1, 0.15) is 5.82 Å². The van der Waals surface area contributed by atoms with Crippen molar-refractivity contribution in [3.05, 3.63) is 58.5 Å². The molecule has 11 heteroatoms. The van der Waals surface area contributed by atoms with E-state index in [1.165, 1.54) is 33.1 Å². The van der Waals surface area contributed by atoms with Crippen molar-refractivity contribution in [2.24, 2.45) is 7.05 Å². The van der Waals surface area contributed by atoms with E-state index in [2.05, 4.69) is 20.7 Å². The molecule has 3 rings (SSSR count). The Morgan fingerprint density at radius 2 is 2.13 bits per heavy atom. The summed E-state index contributed by atoms with van der Waals surface area (Å²) >= 11 is 1.23. The number of anilines is 1. The fourth-order valence-electron chi connectivity index (χ4n) is 2.56. The maximum Gasteiger partial charge on any atom is 0.416 e. The van der Waals surface area contributed by atoms with Gasteiger partial charge in [0.05, 0.1) is 17.9 Å². The molecular formula is C19H21FN6O3S. The Labute approximate surface area is 176 Å². The van der Waals surface area contributed by atoms with Crippen LogP contribution in [-0.2, 0) is 20.1 Å². The number of aromatic nitrogens is 3. The second-order valence-corrected chi connectivity index (χ2v) is 7.41. The molecule has 0 unspecified atom stereocenters. The number of carbonyl (C=O) groups excluding carboxylic acids is 2. The van der Waals surface area contributed by atoms with Crippen LogP contribution in [0, 0.1) is 12.7 Å². The molecule has 0 bridgehead atoms.